The maximum absolute atomic E-state index is 12.6. The van der Waals surface area contributed by atoms with E-state index in [-0.39, 0.29) is 33.9 Å². The average Bonchev–Trinajstić information content (AvgIpc) is 2.86. The number of carboxylic acids is 1. The molecule has 0 spiro atoms. The molecule has 0 saturated carbocycles. The lowest BCUT2D eigenvalue weighted by Crippen LogP contribution is -2.33. The Morgan fingerprint density at radius 1 is 0.946 bits per heavy atom. The van der Waals surface area contributed by atoms with E-state index >= 15 is 0 Å². The van der Waals surface area contributed by atoms with Gasteiger partial charge in [-0.2, -0.15) is 0 Å². The first kappa shape index (κ1) is 28.2. The normalized spacial score (nSPS) is 11.7. The summed E-state index contributed by atoms with van der Waals surface area (Å²) in [6, 6.07) is 19.0. The molecule has 0 bridgehead atoms. The predicted octanol–water partition coefficient (Wildman–Crippen LogP) is 7.06. The molecule has 1 unspecified atom stereocenters. The summed E-state index contributed by atoms with van der Waals surface area (Å²) in [5.41, 5.74) is 2.82. The monoisotopic (exact) mass is 540 g/mol. The summed E-state index contributed by atoms with van der Waals surface area (Å²) < 4.78 is 0. The van der Waals surface area contributed by atoms with Gasteiger partial charge < -0.3 is 15.3 Å². The number of aliphatic carboxylic acids is 1. The van der Waals surface area contributed by atoms with Gasteiger partial charge in [0.05, 0.1) is 21.5 Å². The highest BCUT2D eigenvalue weighted by molar-refractivity contribution is 6.40. The molecule has 6 nitrogen and oxygen atoms in total. The average molecular weight is 541 g/mol. The first-order valence-corrected chi connectivity index (χ1v) is 12.8. The van der Waals surface area contributed by atoms with E-state index in [4.69, 9.17) is 23.2 Å². The zero-order valence-electron chi connectivity index (χ0n) is 21.0. The molecule has 3 rings (SSSR count). The molecule has 8 heteroatoms. The number of hydrogen-bond acceptors (Lipinski definition) is 3. The third-order valence-electron chi connectivity index (χ3n) is 5.88. The van der Waals surface area contributed by atoms with E-state index in [1.165, 1.54) is 0 Å². The van der Waals surface area contributed by atoms with Gasteiger partial charge in [0.2, 0.25) is 5.91 Å². The second-order valence-corrected chi connectivity index (χ2v) is 10.0. The number of rotatable bonds is 10. The fraction of sp³-hybridized carbons (Fsp3) is 0.276. The summed E-state index contributed by atoms with van der Waals surface area (Å²) in [5.74, 6) is -1.94. The first-order valence-electron chi connectivity index (χ1n) is 12.1. The first-order chi connectivity index (χ1) is 17.6. The fourth-order valence-electron chi connectivity index (χ4n) is 4.03. The zero-order valence-corrected chi connectivity index (χ0v) is 22.5. The van der Waals surface area contributed by atoms with E-state index in [0.717, 1.165) is 5.56 Å². The summed E-state index contributed by atoms with van der Waals surface area (Å²) >= 11 is 12.2. The van der Waals surface area contributed by atoms with Crippen LogP contribution < -0.4 is 10.2 Å². The second kappa shape index (κ2) is 12.7. The Kier molecular flexibility index (Phi) is 9.73. The van der Waals surface area contributed by atoms with Gasteiger partial charge in [-0.25, -0.2) is 0 Å². The summed E-state index contributed by atoms with van der Waals surface area (Å²) in [4.78, 5) is 39.1. The Morgan fingerprint density at radius 3 is 2.14 bits per heavy atom. The van der Waals surface area contributed by atoms with Crippen LogP contribution in [0.1, 0.15) is 54.6 Å². The third-order valence-corrected chi connectivity index (χ3v) is 6.50. The number of nitrogens with one attached hydrogen (secondary N) is 1. The van der Waals surface area contributed by atoms with Crippen molar-refractivity contribution >= 4 is 52.4 Å². The Bertz CT molecular complexity index is 1250. The molecule has 2 amide bonds. The van der Waals surface area contributed by atoms with Crippen LogP contribution in [0.15, 0.2) is 66.7 Å². The molecular weight excluding hydrogens is 511 g/mol. The van der Waals surface area contributed by atoms with E-state index < -0.39 is 17.8 Å². The van der Waals surface area contributed by atoms with E-state index in [2.05, 4.69) is 5.32 Å². The number of amides is 2. The van der Waals surface area contributed by atoms with Crippen LogP contribution in [-0.4, -0.2) is 29.4 Å². The number of nitrogens with zero attached hydrogens (tertiary/aromatic N) is 1. The number of carbonyl (C=O) groups is 3. The minimum absolute atomic E-state index is 0.00608. The summed E-state index contributed by atoms with van der Waals surface area (Å²) in [5, 5.41) is 13.3. The lowest BCUT2D eigenvalue weighted by Gasteiger charge is -2.25. The van der Waals surface area contributed by atoms with Gasteiger partial charge in [-0.05, 0) is 59.9 Å². The second-order valence-electron chi connectivity index (χ2n) is 9.19. The maximum Gasteiger partial charge on any atom is 0.311 e. The lowest BCUT2D eigenvalue weighted by molar-refractivity contribution is -0.138. The number of anilines is 2. The van der Waals surface area contributed by atoms with Gasteiger partial charge in [0.15, 0.2) is 0 Å². The van der Waals surface area contributed by atoms with Crippen LogP contribution >= 0.6 is 23.2 Å². The minimum Gasteiger partial charge on any atom is -0.481 e. The molecule has 0 heterocycles. The smallest absolute Gasteiger partial charge is 0.311 e. The van der Waals surface area contributed by atoms with Gasteiger partial charge in [-0.3, -0.25) is 14.4 Å². The number of halogens is 2. The molecule has 1 atom stereocenters. The molecule has 0 aromatic heterocycles. The molecule has 0 aliphatic carbocycles. The van der Waals surface area contributed by atoms with Crippen molar-refractivity contribution in [3.8, 4) is 0 Å². The van der Waals surface area contributed by atoms with Crippen molar-refractivity contribution in [1.29, 1.82) is 0 Å². The third kappa shape index (κ3) is 7.34. The molecule has 194 valence electrons. The maximum atomic E-state index is 12.6. The molecule has 2 N–H and O–H groups in total. The number of carboxylic acid groups (broad SMARTS) is 1. The summed E-state index contributed by atoms with van der Waals surface area (Å²) in [6.07, 6.45) is 0.611. The Hall–Kier alpha value is -3.35. The number of benzene rings is 3. The number of carbonyl (C=O) groups excluding carboxylic acids is 2. The molecule has 0 fully saturated rings. The highest BCUT2D eigenvalue weighted by atomic mass is 35.5. The molecule has 3 aromatic carbocycles. The van der Waals surface area contributed by atoms with Crippen molar-refractivity contribution < 1.29 is 19.5 Å². The van der Waals surface area contributed by atoms with E-state index in [1.807, 2.05) is 26.8 Å². The largest absolute Gasteiger partial charge is 0.481 e. The van der Waals surface area contributed by atoms with Gasteiger partial charge in [-0.15, -0.1) is 0 Å². The number of hydrogen-bond donors (Lipinski definition) is 2. The van der Waals surface area contributed by atoms with Gasteiger partial charge in [0.1, 0.15) is 0 Å². The zero-order chi connectivity index (χ0) is 27.1. The Morgan fingerprint density at radius 2 is 1.57 bits per heavy atom. The predicted molar refractivity (Wildman–Crippen MR) is 149 cm³/mol. The van der Waals surface area contributed by atoms with Gasteiger partial charge in [0, 0.05) is 24.3 Å². The SMILES string of the molecule is CCC(=O)N(CC(C)C)c1cccc(C(Cc2ccc(NC(=O)c3c(Cl)cccc3Cl)cc2)C(=O)O)c1. The topological polar surface area (TPSA) is 86.7 Å². The fourth-order valence-corrected chi connectivity index (χ4v) is 4.60. The van der Waals surface area contributed by atoms with Crippen LogP contribution in [0.25, 0.3) is 0 Å². The molecule has 0 saturated heterocycles. The molecule has 0 radical (unpaired) electrons. The van der Waals surface area contributed by atoms with Crippen molar-refractivity contribution in [2.45, 2.75) is 39.5 Å². The van der Waals surface area contributed by atoms with Crippen molar-refractivity contribution in [3.05, 3.63) is 93.5 Å². The van der Waals surface area contributed by atoms with Crippen molar-refractivity contribution in [1.82, 2.24) is 0 Å². The standard InChI is InChI=1S/C29H30Cl2N2O4/c1-4-26(34)33(17-18(2)3)22-8-5-7-20(16-22)23(29(36)37)15-19-11-13-21(14-12-19)32-28(35)27-24(30)9-6-10-25(27)31/h5-14,16,18,23H,4,15,17H2,1-3H3,(H,32,35)(H,36,37). The Labute approximate surface area is 227 Å². The molecular formula is C29H30Cl2N2O4. The Balaban J connectivity index is 1.79. The molecule has 0 aliphatic heterocycles. The van der Waals surface area contributed by atoms with Crippen LogP contribution in [0, 0.1) is 5.92 Å². The van der Waals surface area contributed by atoms with Crippen LogP contribution in [0.2, 0.25) is 10.0 Å². The lowest BCUT2D eigenvalue weighted by atomic mass is 9.91. The van der Waals surface area contributed by atoms with Crippen LogP contribution in [0.4, 0.5) is 11.4 Å². The molecule has 0 aliphatic rings. The van der Waals surface area contributed by atoms with E-state index in [1.54, 1.807) is 65.6 Å². The molecule has 37 heavy (non-hydrogen) atoms. The van der Waals surface area contributed by atoms with Crippen molar-refractivity contribution in [2.24, 2.45) is 5.92 Å². The van der Waals surface area contributed by atoms with Crippen molar-refractivity contribution in [3.63, 3.8) is 0 Å². The van der Waals surface area contributed by atoms with Crippen molar-refractivity contribution in [2.75, 3.05) is 16.8 Å². The minimum atomic E-state index is -0.958. The van der Waals surface area contributed by atoms with E-state index in [9.17, 15) is 19.5 Å². The highest BCUT2D eigenvalue weighted by Crippen LogP contribution is 2.28. The van der Waals surface area contributed by atoms with Gasteiger partial charge in [0.25, 0.3) is 5.91 Å². The summed E-state index contributed by atoms with van der Waals surface area (Å²) in [7, 11) is 0. The van der Waals surface area contributed by atoms with Gasteiger partial charge >= 0.3 is 5.97 Å². The highest BCUT2D eigenvalue weighted by Gasteiger charge is 2.23. The van der Waals surface area contributed by atoms with E-state index in [0.29, 0.717) is 29.9 Å². The molecule has 3 aromatic rings. The van der Waals surface area contributed by atoms with Crippen LogP contribution in [-0.2, 0) is 16.0 Å². The summed E-state index contributed by atoms with van der Waals surface area (Å²) in [6.45, 7) is 6.44. The van der Waals surface area contributed by atoms with Crippen LogP contribution in [0.5, 0.6) is 0 Å². The van der Waals surface area contributed by atoms with Gasteiger partial charge in [-0.1, -0.05) is 74.3 Å². The van der Waals surface area contributed by atoms with Crippen LogP contribution in [0.3, 0.4) is 0 Å². The quantitative estimate of drug-likeness (QED) is 0.288.